The number of aliphatic hydroxyl groups is 1. The van der Waals surface area contributed by atoms with Gasteiger partial charge in [0.25, 0.3) is 0 Å². The fourth-order valence-electron chi connectivity index (χ4n) is 4.93. The number of aliphatic hydroxyl groups excluding tert-OH is 1. The summed E-state index contributed by atoms with van der Waals surface area (Å²) in [6.45, 7) is 2.27. The highest BCUT2D eigenvalue weighted by Crippen LogP contribution is 2.33. The van der Waals surface area contributed by atoms with Gasteiger partial charge in [0.2, 0.25) is 0 Å². The summed E-state index contributed by atoms with van der Waals surface area (Å²) in [4.78, 5) is 27.1. The van der Waals surface area contributed by atoms with Gasteiger partial charge in [-0.05, 0) is 80.9 Å². The molecule has 1 unspecified atom stereocenters. The summed E-state index contributed by atoms with van der Waals surface area (Å²) < 4.78 is 5.33. The highest BCUT2D eigenvalue weighted by molar-refractivity contribution is 5.83. The number of carbonyl (C=O) groups is 1. The summed E-state index contributed by atoms with van der Waals surface area (Å²) in [7, 11) is 1.61. The number of fused-ring (bicyclic) bond motifs is 1. The van der Waals surface area contributed by atoms with E-state index < -0.39 is 18.0 Å². The number of benzene rings is 1. The molecule has 3 atom stereocenters. The maximum Gasteiger partial charge on any atom is 0.308 e. The standard InChI is InChI=1S/C26H32N4O4/c1-34-20-5-6-24-22(15-20)21(8-10-29-24)25(31)7-4-18-9-14-30(17-23(18)26(32)33)13-2-3-19-16-27-11-12-28-19/h5-6,8,10-12,15-16,18,23,25,31H,2-4,7,9,13-14,17H2,1H3,(H,32,33)/t18-,23+,25?/m1/s1. The van der Waals surface area contributed by atoms with E-state index in [-0.39, 0.29) is 5.92 Å². The Kier molecular flexibility index (Phi) is 8.03. The summed E-state index contributed by atoms with van der Waals surface area (Å²) in [6, 6.07) is 7.45. The number of aliphatic carboxylic acids is 1. The number of aromatic nitrogens is 3. The Morgan fingerprint density at radius 2 is 2.12 bits per heavy atom. The van der Waals surface area contributed by atoms with Crippen molar-refractivity contribution in [1.82, 2.24) is 19.9 Å². The molecule has 4 rings (SSSR count). The number of carboxylic acid groups (broad SMARTS) is 1. The summed E-state index contributed by atoms with van der Waals surface area (Å²) in [5.41, 5.74) is 2.56. The van der Waals surface area contributed by atoms with Gasteiger partial charge in [-0.15, -0.1) is 0 Å². The normalized spacial score (nSPS) is 19.7. The average Bonchev–Trinajstić information content (AvgIpc) is 2.87. The predicted octanol–water partition coefficient (Wildman–Crippen LogP) is 3.50. The zero-order chi connectivity index (χ0) is 23.9. The molecule has 0 saturated carbocycles. The van der Waals surface area contributed by atoms with Crippen molar-refractivity contribution in [2.75, 3.05) is 26.7 Å². The minimum absolute atomic E-state index is 0.0472. The Bertz CT molecular complexity index is 1090. The summed E-state index contributed by atoms with van der Waals surface area (Å²) in [5.74, 6) is -0.415. The average molecular weight is 465 g/mol. The number of ether oxygens (including phenoxy) is 1. The summed E-state index contributed by atoms with van der Waals surface area (Å²) >= 11 is 0. The lowest BCUT2D eigenvalue weighted by molar-refractivity contribution is -0.146. The molecule has 1 saturated heterocycles. The van der Waals surface area contributed by atoms with Gasteiger partial charge in [-0.1, -0.05) is 0 Å². The molecular formula is C26H32N4O4. The quantitative estimate of drug-likeness (QED) is 0.469. The Hall–Kier alpha value is -3.10. The molecule has 2 aromatic heterocycles. The van der Waals surface area contributed by atoms with Crippen LogP contribution < -0.4 is 4.74 Å². The lowest BCUT2D eigenvalue weighted by Gasteiger charge is -2.37. The predicted molar refractivity (Wildman–Crippen MR) is 129 cm³/mol. The van der Waals surface area contributed by atoms with Crippen molar-refractivity contribution in [2.45, 2.75) is 38.2 Å². The van der Waals surface area contributed by atoms with Gasteiger partial charge in [0.05, 0.1) is 30.3 Å². The molecule has 8 nitrogen and oxygen atoms in total. The van der Waals surface area contributed by atoms with Crippen LogP contribution in [0, 0.1) is 11.8 Å². The number of nitrogens with zero attached hydrogens (tertiary/aromatic N) is 4. The SMILES string of the molecule is COc1ccc2nccc(C(O)CC[C@@H]3CCN(CCCc4cnccn4)C[C@@H]3C(=O)O)c2c1. The first-order valence-electron chi connectivity index (χ1n) is 11.9. The Morgan fingerprint density at radius 1 is 1.24 bits per heavy atom. The fourth-order valence-corrected chi connectivity index (χ4v) is 4.93. The molecular weight excluding hydrogens is 432 g/mol. The van der Waals surface area contributed by atoms with Crippen LogP contribution in [0.15, 0.2) is 49.1 Å². The van der Waals surface area contributed by atoms with Crippen molar-refractivity contribution in [3.05, 3.63) is 60.3 Å². The van der Waals surface area contributed by atoms with Gasteiger partial charge in [0.1, 0.15) is 5.75 Å². The molecule has 0 radical (unpaired) electrons. The van der Waals surface area contributed by atoms with Crippen molar-refractivity contribution in [1.29, 1.82) is 0 Å². The highest BCUT2D eigenvalue weighted by atomic mass is 16.5. The number of methoxy groups -OCH3 is 1. The smallest absolute Gasteiger partial charge is 0.308 e. The van der Waals surface area contributed by atoms with Crippen molar-refractivity contribution >= 4 is 16.9 Å². The van der Waals surface area contributed by atoms with E-state index in [1.807, 2.05) is 24.3 Å². The van der Waals surface area contributed by atoms with E-state index in [4.69, 9.17) is 4.74 Å². The molecule has 3 aromatic rings. The first-order chi connectivity index (χ1) is 16.5. The van der Waals surface area contributed by atoms with Gasteiger partial charge in [0.15, 0.2) is 0 Å². The third kappa shape index (κ3) is 5.87. The first-order valence-corrected chi connectivity index (χ1v) is 11.9. The van der Waals surface area contributed by atoms with Crippen LogP contribution in [0.2, 0.25) is 0 Å². The topological polar surface area (TPSA) is 109 Å². The van der Waals surface area contributed by atoms with Gasteiger partial charge >= 0.3 is 5.97 Å². The van der Waals surface area contributed by atoms with Crippen molar-refractivity contribution in [3.63, 3.8) is 0 Å². The van der Waals surface area contributed by atoms with E-state index >= 15 is 0 Å². The number of hydrogen-bond acceptors (Lipinski definition) is 7. The lowest BCUT2D eigenvalue weighted by Crippen LogP contribution is -2.44. The minimum Gasteiger partial charge on any atom is -0.497 e. The Labute approximate surface area is 199 Å². The van der Waals surface area contributed by atoms with Crippen LogP contribution >= 0.6 is 0 Å². The van der Waals surface area contributed by atoms with Crippen LogP contribution in [-0.2, 0) is 11.2 Å². The van der Waals surface area contributed by atoms with Gasteiger partial charge in [-0.3, -0.25) is 19.7 Å². The van der Waals surface area contributed by atoms with Crippen LogP contribution in [0.3, 0.4) is 0 Å². The summed E-state index contributed by atoms with van der Waals surface area (Å²) in [6.07, 6.45) is 9.91. The van der Waals surface area contributed by atoms with Crippen LogP contribution in [0.5, 0.6) is 5.75 Å². The number of carboxylic acids is 1. The van der Waals surface area contributed by atoms with E-state index in [1.54, 1.807) is 31.9 Å². The number of likely N-dealkylation sites (tertiary alicyclic amines) is 1. The molecule has 3 heterocycles. The number of rotatable bonds is 10. The lowest BCUT2D eigenvalue weighted by atomic mass is 9.81. The van der Waals surface area contributed by atoms with Crippen LogP contribution in [0.4, 0.5) is 0 Å². The molecule has 8 heteroatoms. The van der Waals surface area contributed by atoms with Crippen LogP contribution in [0.25, 0.3) is 10.9 Å². The van der Waals surface area contributed by atoms with Gasteiger partial charge in [0, 0.05) is 36.7 Å². The van der Waals surface area contributed by atoms with E-state index in [1.165, 1.54) is 0 Å². The maximum absolute atomic E-state index is 12.0. The van der Waals surface area contributed by atoms with Gasteiger partial charge < -0.3 is 19.8 Å². The largest absolute Gasteiger partial charge is 0.497 e. The molecule has 0 spiro atoms. The van der Waals surface area contributed by atoms with Crippen molar-refractivity contribution < 1.29 is 19.7 Å². The number of hydrogen-bond donors (Lipinski definition) is 2. The number of piperidine rings is 1. The highest BCUT2D eigenvalue weighted by Gasteiger charge is 2.34. The Balaban J connectivity index is 1.34. The molecule has 0 bridgehead atoms. The number of pyridine rings is 1. The van der Waals surface area contributed by atoms with Gasteiger partial charge in [-0.2, -0.15) is 0 Å². The first kappa shape index (κ1) is 24.0. The van der Waals surface area contributed by atoms with E-state index in [0.717, 1.165) is 54.5 Å². The van der Waals surface area contributed by atoms with E-state index in [9.17, 15) is 15.0 Å². The molecule has 1 aliphatic rings. The van der Waals surface area contributed by atoms with E-state index in [0.29, 0.717) is 25.1 Å². The third-order valence-electron chi connectivity index (χ3n) is 6.83. The summed E-state index contributed by atoms with van der Waals surface area (Å²) in [5, 5.41) is 21.7. The molecule has 180 valence electrons. The second-order valence-corrected chi connectivity index (χ2v) is 8.97. The minimum atomic E-state index is -0.753. The van der Waals surface area contributed by atoms with Crippen LogP contribution in [-0.4, -0.2) is 62.8 Å². The zero-order valence-electron chi connectivity index (χ0n) is 19.5. The van der Waals surface area contributed by atoms with Gasteiger partial charge in [-0.25, -0.2) is 0 Å². The molecule has 1 aromatic carbocycles. The van der Waals surface area contributed by atoms with E-state index in [2.05, 4.69) is 19.9 Å². The fraction of sp³-hybridized carbons (Fsp3) is 0.462. The molecule has 1 fully saturated rings. The maximum atomic E-state index is 12.0. The van der Waals surface area contributed by atoms with Crippen LogP contribution in [0.1, 0.15) is 43.0 Å². The van der Waals surface area contributed by atoms with Crippen molar-refractivity contribution in [3.8, 4) is 5.75 Å². The number of aryl methyl sites for hydroxylation is 1. The monoisotopic (exact) mass is 464 g/mol. The zero-order valence-corrected chi connectivity index (χ0v) is 19.5. The second kappa shape index (κ2) is 11.4. The third-order valence-corrected chi connectivity index (χ3v) is 6.83. The Morgan fingerprint density at radius 3 is 2.88 bits per heavy atom. The molecule has 34 heavy (non-hydrogen) atoms. The molecule has 0 aliphatic carbocycles. The molecule has 1 aliphatic heterocycles. The molecule has 2 N–H and O–H groups in total. The van der Waals surface area contributed by atoms with Crippen molar-refractivity contribution in [2.24, 2.45) is 11.8 Å². The molecule has 0 amide bonds. The second-order valence-electron chi connectivity index (χ2n) is 8.97.